The van der Waals surface area contributed by atoms with Crippen LogP contribution in [0.3, 0.4) is 0 Å². The van der Waals surface area contributed by atoms with E-state index in [1.807, 2.05) is 18.3 Å². The van der Waals surface area contributed by atoms with Crippen molar-refractivity contribution < 1.29 is 0 Å². The van der Waals surface area contributed by atoms with Crippen LogP contribution < -0.4 is 10.2 Å². The van der Waals surface area contributed by atoms with Gasteiger partial charge in [0.05, 0.1) is 17.8 Å². The van der Waals surface area contributed by atoms with Crippen LogP contribution in [0.15, 0.2) is 60.1 Å². The molecule has 0 bridgehead atoms. The van der Waals surface area contributed by atoms with E-state index in [1.54, 1.807) is 11.3 Å². The van der Waals surface area contributed by atoms with E-state index in [-0.39, 0.29) is 12.1 Å². The summed E-state index contributed by atoms with van der Waals surface area (Å²) in [4.78, 5) is 8.13. The Morgan fingerprint density at radius 2 is 1.88 bits per heavy atom. The van der Waals surface area contributed by atoms with Gasteiger partial charge in [-0.05, 0) is 67.3 Å². The number of thiophene rings is 1. The van der Waals surface area contributed by atoms with Gasteiger partial charge in [0.25, 0.3) is 0 Å². The van der Waals surface area contributed by atoms with Gasteiger partial charge in [-0.3, -0.25) is 4.98 Å². The average molecular weight is 366 g/mol. The Hall–Kier alpha value is -2.24. The molecule has 126 valence electrons. The topological polar surface area (TPSA) is 28.2 Å². The number of hydrogen-bond acceptors (Lipinski definition) is 3. The van der Waals surface area contributed by atoms with Gasteiger partial charge >= 0.3 is 0 Å². The standard InChI is InChI=1S/C20H19N3S2/c1-13-6-8-15(9-7-13)23-18(19-14(2)10-12-25-19)17(22-20(23)24)16-5-3-4-11-21-16/h3-12,17-18H,1-2H3,(H,22,24). The summed E-state index contributed by atoms with van der Waals surface area (Å²) in [6.45, 7) is 4.26. The van der Waals surface area contributed by atoms with Gasteiger partial charge in [-0.2, -0.15) is 0 Å². The van der Waals surface area contributed by atoms with Crippen LogP contribution in [0.1, 0.15) is 33.8 Å². The molecule has 1 aliphatic heterocycles. The molecule has 0 aliphatic carbocycles. The van der Waals surface area contributed by atoms with Gasteiger partial charge in [0.15, 0.2) is 5.11 Å². The summed E-state index contributed by atoms with van der Waals surface area (Å²) in [6.07, 6.45) is 1.84. The van der Waals surface area contributed by atoms with E-state index in [9.17, 15) is 0 Å². The number of aromatic nitrogens is 1. The second-order valence-electron chi connectivity index (χ2n) is 6.30. The Balaban J connectivity index is 1.83. The van der Waals surface area contributed by atoms with Gasteiger partial charge in [0.1, 0.15) is 0 Å². The van der Waals surface area contributed by atoms with Gasteiger partial charge in [0, 0.05) is 16.8 Å². The second kappa shape index (κ2) is 6.58. The highest BCUT2D eigenvalue weighted by molar-refractivity contribution is 7.80. The predicted octanol–water partition coefficient (Wildman–Crippen LogP) is 4.94. The normalized spacial score (nSPS) is 19.9. The number of nitrogens with zero attached hydrogens (tertiary/aromatic N) is 2. The van der Waals surface area contributed by atoms with E-state index >= 15 is 0 Å². The van der Waals surface area contributed by atoms with Gasteiger partial charge in [0.2, 0.25) is 0 Å². The zero-order valence-corrected chi connectivity index (χ0v) is 15.8. The maximum absolute atomic E-state index is 5.72. The van der Waals surface area contributed by atoms with E-state index in [0.717, 1.165) is 16.5 Å². The van der Waals surface area contributed by atoms with Crippen molar-refractivity contribution in [1.82, 2.24) is 10.3 Å². The zero-order chi connectivity index (χ0) is 17.4. The smallest absolute Gasteiger partial charge is 0.174 e. The summed E-state index contributed by atoms with van der Waals surface area (Å²) in [5, 5.41) is 6.40. The lowest BCUT2D eigenvalue weighted by Gasteiger charge is -2.27. The molecule has 0 radical (unpaired) electrons. The van der Waals surface area contributed by atoms with Crippen LogP contribution in [-0.4, -0.2) is 10.1 Å². The SMILES string of the molecule is Cc1ccc(N2C(=S)NC(c3ccccn3)C2c2sccc2C)cc1. The fourth-order valence-corrected chi connectivity index (χ4v) is 4.69. The van der Waals surface area contributed by atoms with E-state index in [1.165, 1.54) is 16.0 Å². The molecule has 1 aromatic carbocycles. The fourth-order valence-electron chi connectivity index (χ4n) is 3.29. The van der Waals surface area contributed by atoms with Crippen LogP contribution in [0, 0.1) is 13.8 Å². The summed E-state index contributed by atoms with van der Waals surface area (Å²) < 4.78 is 0. The first-order chi connectivity index (χ1) is 12.1. The molecule has 0 spiro atoms. The molecule has 2 aromatic heterocycles. The molecule has 3 aromatic rings. The number of benzene rings is 1. The molecule has 5 heteroatoms. The van der Waals surface area contributed by atoms with E-state index < -0.39 is 0 Å². The summed E-state index contributed by atoms with van der Waals surface area (Å²) >= 11 is 7.50. The molecule has 1 aliphatic rings. The second-order valence-corrected chi connectivity index (χ2v) is 7.63. The molecule has 1 N–H and O–H groups in total. The minimum atomic E-state index is 0.0346. The number of thiocarbonyl (C=S) groups is 1. The van der Waals surface area contributed by atoms with Crippen LogP contribution in [0.4, 0.5) is 5.69 Å². The predicted molar refractivity (Wildman–Crippen MR) is 108 cm³/mol. The van der Waals surface area contributed by atoms with Crippen molar-refractivity contribution >= 4 is 34.4 Å². The van der Waals surface area contributed by atoms with Gasteiger partial charge < -0.3 is 10.2 Å². The van der Waals surface area contributed by atoms with Crippen LogP contribution in [-0.2, 0) is 0 Å². The Bertz CT molecular complexity index is 887. The fraction of sp³-hybridized carbons (Fsp3) is 0.200. The van der Waals surface area contributed by atoms with Crippen molar-refractivity contribution in [2.24, 2.45) is 0 Å². The minimum absolute atomic E-state index is 0.0346. The summed E-state index contributed by atoms with van der Waals surface area (Å²) in [6, 6.07) is 16.9. The summed E-state index contributed by atoms with van der Waals surface area (Å²) in [5.41, 5.74) is 4.66. The number of rotatable bonds is 3. The van der Waals surface area contributed by atoms with Gasteiger partial charge in [-0.25, -0.2) is 0 Å². The molecule has 3 nitrogen and oxygen atoms in total. The lowest BCUT2D eigenvalue weighted by Crippen LogP contribution is -2.29. The Morgan fingerprint density at radius 1 is 1.08 bits per heavy atom. The van der Waals surface area contributed by atoms with Crippen LogP contribution in [0.5, 0.6) is 0 Å². The maximum Gasteiger partial charge on any atom is 0.174 e. The van der Waals surface area contributed by atoms with Crippen molar-refractivity contribution in [3.63, 3.8) is 0 Å². The van der Waals surface area contributed by atoms with Crippen molar-refractivity contribution in [1.29, 1.82) is 0 Å². The monoisotopic (exact) mass is 365 g/mol. The quantitative estimate of drug-likeness (QED) is 0.666. The third kappa shape index (κ3) is 2.94. The van der Waals surface area contributed by atoms with Gasteiger partial charge in [-0.15, -0.1) is 11.3 Å². The number of pyridine rings is 1. The number of hydrogen-bond donors (Lipinski definition) is 1. The molecule has 3 heterocycles. The largest absolute Gasteiger partial charge is 0.351 e. The van der Waals surface area contributed by atoms with Crippen LogP contribution >= 0.6 is 23.6 Å². The minimum Gasteiger partial charge on any atom is -0.351 e. The van der Waals surface area contributed by atoms with Crippen LogP contribution in [0.2, 0.25) is 0 Å². The molecular formula is C20H19N3S2. The molecule has 0 amide bonds. The molecule has 2 unspecified atom stereocenters. The summed E-state index contributed by atoms with van der Waals surface area (Å²) in [7, 11) is 0. The zero-order valence-electron chi connectivity index (χ0n) is 14.1. The molecule has 1 saturated heterocycles. The van der Waals surface area contributed by atoms with E-state index in [4.69, 9.17) is 12.2 Å². The van der Waals surface area contributed by atoms with E-state index in [2.05, 4.69) is 70.8 Å². The van der Waals surface area contributed by atoms with Crippen LogP contribution in [0.25, 0.3) is 0 Å². The molecule has 1 fully saturated rings. The number of nitrogens with one attached hydrogen (secondary N) is 1. The highest BCUT2D eigenvalue weighted by atomic mass is 32.1. The third-order valence-corrected chi connectivity index (χ3v) is 5.98. The summed E-state index contributed by atoms with van der Waals surface area (Å²) in [5.74, 6) is 0. The lowest BCUT2D eigenvalue weighted by molar-refractivity contribution is 0.573. The Morgan fingerprint density at radius 3 is 2.52 bits per heavy atom. The Kier molecular flexibility index (Phi) is 4.27. The number of aryl methyl sites for hydroxylation is 2. The highest BCUT2D eigenvalue weighted by Crippen LogP contribution is 2.44. The number of anilines is 1. The first kappa shape index (κ1) is 16.2. The lowest BCUT2D eigenvalue weighted by atomic mass is 10.0. The molecule has 2 atom stereocenters. The van der Waals surface area contributed by atoms with Crippen molar-refractivity contribution in [2.75, 3.05) is 4.90 Å². The first-order valence-corrected chi connectivity index (χ1v) is 9.55. The van der Waals surface area contributed by atoms with Crippen molar-refractivity contribution in [3.05, 3.63) is 81.8 Å². The molecule has 0 saturated carbocycles. The average Bonchev–Trinajstić information content (AvgIpc) is 3.19. The maximum atomic E-state index is 5.72. The Labute approximate surface area is 157 Å². The van der Waals surface area contributed by atoms with Crippen molar-refractivity contribution in [3.8, 4) is 0 Å². The molecular weight excluding hydrogens is 346 g/mol. The molecule has 25 heavy (non-hydrogen) atoms. The molecule has 4 rings (SSSR count). The van der Waals surface area contributed by atoms with Gasteiger partial charge in [-0.1, -0.05) is 23.8 Å². The van der Waals surface area contributed by atoms with E-state index in [0.29, 0.717) is 0 Å². The third-order valence-electron chi connectivity index (χ3n) is 4.58. The first-order valence-electron chi connectivity index (χ1n) is 8.26. The van der Waals surface area contributed by atoms with Crippen molar-refractivity contribution in [2.45, 2.75) is 25.9 Å². The highest BCUT2D eigenvalue weighted by Gasteiger charge is 2.41.